The number of carbonyl (C=O) groups is 1. The topological polar surface area (TPSA) is 130 Å². The van der Waals surface area contributed by atoms with Crippen molar-refractivity contribution in [2.45, 2.75) is 0 Å². The van der Waals surface area contributed by atoms with Gasteiger partial charge in [-0.05, 0) is 63.4 Å². The maximum absolute atomic E-state index is 12.0. The zero-order valence-electron chi connectivity index (χ0n) is 13.6. The average molecular weight is 671 g/mol. The predicted molar refractivity (Wildman–Crippen MR) is 121 cm³/mol. The Balaban J connectivity index is 1.78. The quantitative estimate of drug-likeness (QED) is 0.162. The zero-order chi connectivity index (χ0) is 20.4. The summed E-state index contributed by atoms with van der Waals surface area (Å²) in [7, 11) is 0. The molecule has 0 spiro atoms. The summed E-state index contributed by atoms with van der Waals surface area (Å²) in [6.07, 6.45) is 0. The van der Waals surface area contributed by atoms with Crippen LogP contribution in [0, 0.1) is 17.3 Å². The Kier molecular flexibility index (Phi) is 6.49. The summed E-state index contributed by atoms with van der Waals surface area (Å²) in [5.74, 6) is -0.461. The van der Waals surface area contributed by atoms with Crippen LogP contribution < -0.4 is 4.74 Å². The standard InChI is InChI=1S/C16H9BrI2N4O5/c17-7-3-10(18)15(11(19)4-7)28-6-13(24)21-22-14-9-5-8(23(26)27)1-2-12(9)20-16(14)25/h1-5,20,25H,6H2. The van der Waals surface area contributed by atoms with Crippen LogP contribution in [0.1, 0.15) is 0 Å². The molecular weight excluding hydrogens is 662 g/mol. The van der Waals surface area contributed by atoms with Gasteiger partial charge in [0.25, 0.3) is 5.69 Å². The number of fused-ring (bicyclic) bond motifs is 1. The fourth-order valence-electron chi connectivity index (χ4n) is 2.30. The molecule has 0 unspecified atom stereocenters. The molecule has 0 saturated heterocycles. The van der Waals surface area contributed by atoms with Crippen LogP contribution in [0.4, 0.5) is 11.4 Å². The number of H-pyrrole nitrogens is 1. The lowest BCUT2D eigenvalue weighted by molar-refractivity contribution is -0.384. The number of halogens is 3. The van der Waals surface area contributed by atoms with Gasteiger partial charge in [0.05, 0.1) is 17.6 Å². The van der Waals surface area contributed by atoms with Crippen LogP contribution in [0.5, 0.6) is 11.6 Å². The van der Waals surface area contributed by atoms with Crippen LogP contribution in [-0.4, -0.2) is 27.5 Å². The fraction of sp³-hybridized carbons (Fsp3) is 0.0625. The Morgan fingerprint density at radius 2 is 1.96 bits per heavy atom. The number of hydrogen-bond donors (Lipinski definition) is 2. The lowest BCUT2D eigenvalue weighted by Crippen LogP contribution is -2.09. The van der Waals surface area contributed by atoms with E-state index in [9.17, 15) is 20.0 Å². The van der Waals surface area contributed by atoms with Gasteiger partial charge in [0, 0.05) is 22.0 Å². The smallest absolute Gasteiger partial charge is 0.302 e. The van der Waals surface area contributed by atoms with E-state index in [-0.39, 0.29) is 29.2 Å². The largest absolute Gasteiger partial charge is 0.493 e. The number of rotatable bonds is 5. The summed E-state index contributed by atoms with van der Waals surface area (Å²) in [4.78, 5) is 25.0. The molecule has 3 rings (SSSR count). The Labute approximate surface area is 193 Å². The SMILES string of the molecule is O=C(COc1c(I)cc(Br)cc1I)N=Nc1c(O)[nH]c2ccc([N+](=O)[O-])cc12. The maximum Gasteiger partial charge on any atom is 0.302 e. The van der Waals surface area contributed by atoms with Crippen molar-refractivity contribution in [2.24, 2.45) is 10.2 Å². The first kappa shape index (κ1) is 20.9. The van der Waals surface area contributed by atoms with Gasteiger partial charge < -0.3 is 14.8 Å². The number of nitro benzene ring substituents is 1. The first-order valence-electron chi connectivity index (χ1n) is 7.47. The van der Waals surface area contributed by atoms with E-state index in [2.05, 4.69) is 76.3 Å². The Morgan fingerprint density at radius 3 is 2.61 bits per heavy atom. The Bertz CT molecular complexity index is 1110. The molecular formula is C16H9BrI2N4O5. The van der Waals surface area contributed by atoms with Crippen LogP contribution in [-0.2, 0) is 4.79 Å². The molecule has 1 amide bonds. The average Bonchev–Trinajstić information content (AvgIpc) is 2.93. The highest BCUT2D eigenvalue weighted by Gasteiger charge is 2.16. The van der Waals surface area contributed by atoms with Gasteiger partial charge in [0.15, 0.2) is 12.3 Å². The number of carbonyl (C=O) groups excluding carboxylic acids is 1. The van der Waals surface area contributed by atoms with Gasteiger partial charge in [0.2, 0.25) is 5.88 Å². The molecule has 3 aromatic rings. The minimum atomic E-state index is -0.673. The molecule has 28 heavy (non-hydrogen) atoms. The highest BCUT2D eigenvalue weighted by Crippen LogP contribution is 2.37. The van der Waals surface area contributed by atoms with Crippen LogP contribution in [0.2, 0.25) is 0 Å². The number of non-ortho nitro benzene ring substituents is 1. The number of nitro groups is 1. The number of amides is 1. The predicted octanol–water partition coefficient (Wildman–Crippen LogP) is 5.44. The second-order valence-corrected chi connectivity index (χ2v) is 8.63. The molecule has 0 aliphatic carbocycles. The second-order valence-electron chi connectivity index (χ2n) is 5.39. The third kappa shape index (κ3) is 4.60. The van der Waals surface area contributed by atoms with Crippen LogP contribution in [0.25, 0.3) is 10.9 Å². The number of aromatic nitrogens is 1. The van der Waals surface area contributed by atoms with E-state index in [1.54, 1.807) is 0 Å². The van der Waals surface area contributed by atoms with Crippen molar-refractivity contribution in [3.8, 4) is 11.6 Å². The van der Waals surface area contributed by atoms with E-state index in [1.165, 1.54) is 18.2 Å². The lowest BCUT2D eigenvalue weighted by atomic mass is 10.2. The number of benzene rings is 2. The molecule has 2 N–H and O–H groups in total. The molecule has 0 bridgehead atoms. The van der Waals surface area contributed by atoms with Crippen LogP contribution in [0.3, 0.4) is 0 Å². The molecule has 1 heterocycles. The first-order chi connectivity index (χ1) is 13.3. The van der Waals surface area contributed by atoms with E-state index < -0.39 is 10.8 Å². The molecule has 0 aliphatic heterocycles. The summed E-state index contributed by atoms with van der Waals surface area (Å²) >= 11 is 7.57. The van der Waals surface area contributed by atoms with E-state index in [0.29, 0.717) is 11.3 Å². The van der Waals surface area contributed by atoms with Crippen molar-refractivity contribution in [1.29, 1.82) is 0 Å². The second kappa shape index (κ2) is 8.69. The maximum atomic E-state index is 12.0. The third-order valence-electron chi connectivity index (χ3n) is 3.51. The molecule has 0 aliphatic rings. The third-order valence-corrected chi connectivity index (χ3v) is 5.57. The van der Waals surface area contributed by atoms with E-state index in [0.717, 1.165) is 11.6 Å². The van der Waals surface area contributed by atoms with Gasteiger partial charge in [-0.25, -0.2) is 0 Å². The number of azo groups is 1. The first-order valence-corrected chi connectivity index (χ1v) is 10.4. The molecule has 12 heteroatoms. The van der Waals surface area contributed by atoms with E-state index >= 15 is 0 Å². The van der Waals surface area contributed by atoms with Gasteiger partial charge in [0.1, 0.15) is 5.75 Å². The Hall–Kier alpha value is -1.81. The minimum absolute atomic E-state index is 0.0557. The van der Waals surface area contributed by atoms with Gasteiger partial charge in [-0.2, -0.15) is 0 Å². The van der Waals surface area contributed by atoms with Crippen molar-refractivity contribution < 1.29 is 19.6 Å². The summed E-state index contributed by atoms with van der Waals surface area (Å²) in [6, 6.07) is 7.67. The van der Waals surface area contributed by atoms with Gasteiger partial charge >= 0.3 is 5.91 Å². The van der Waals surface area contributed by atoms with Gasteiger partial charge in [-0.3, -0.25) is 14.9 Å². The number of nitrogens with zero attached hydrogens (tertiary/aromatic N) is 3. The molecule has 0 fully saturated rings. The summed E-state index contributed by atoms with van der Waals surface area (Å²) < 4.78 is 8.06. The Morgan fingerprint density at radius 1 is 1.29 bits per heavy atom. The number of nitrogens with one attached hydrogen (secondary N) is 1. The number of ether oxygens (including phenoxy) is 1. The molecule has 0 radical (unpaired) electrons. The molecule has 1 aromatic heterocycles. The van der Waals surface area contributed by atoms with E-state index in [1.807, 2.05) is 12.1 Å². The van der Waals surface area contributed by atoms with Crippen LogP contribution >= 0.6 is 61.1 Å². The number of hydrogen-bond acceptors (Lipinski definition) is 6. The van der Waals surface area contributed by atoms with Crippen molar-refractivity contribution in [3.05, 3.63) is 52.1 Å². The molecule has 2 aromatic carbocycles. The normalized spacial score (nSPS) is 11.2. The van der Waals surface area contributed by atoms with Crippen molar-refractivity contribution in [3.63, 3.8) is 0 Å². The van der Waals surface area contributed by atoms with E-state index in [4.69, 9.17) is 4.74 Å². The fourth-order valence-corrected chi connectivity index (χ4v) is 5.69. The summed E-state index contributed by atoms with van der Waals surface area (Å²) in [6.45, 7) is -0.347. The van der Waals surface area contributed by atoms with Crippen LogP contribution in [0.15, 0.2) is 45.0 Å². The number of aromatic hydroxyl groups is 1. The van der Waals surface area contributed by atoms with Crippen molar-refractivity contribution in [2.75, 3.05) is 6.61 Å². The highest BCUT2D eigenvalue weighted by atomic mass is 127. The zero-order valence-corrected chi connectivity index (χ0v) is 19.6. The number of aromatic amines is 1. The van der Waals surface area contributed by atoms with Crippen molar-refractivity contribution in [1.82, 2.24) is 4.98 Å². The van der Waals surface area contributed by atoms with Crippen molar-refractivity contribution >= 4 is 89.3 Å². The molecule has 144 valence electrons. The highest BCUT2D eigenvalue weighted by molar-refractivity contribution is 14.1. The summed E-state index contributed by atoms with van der Waals surface area (Å²) in [5, 5.41) is 28.4. The van der Waals surface area contributed by atoms with Gasteiger partial charge in [-0.15, -0.1) is 10.2 Å². The lowest BCUT2D eigenvalue weighted by Gasteiger charge is -2.08. The summed E-state index contributed by atoms with van der Waals surface area (Å²) in [5.41, 5.74) is 0.205. The minimum Gasteiger partial charge on any atom is -0.493 e. The monoisotopic (exact) mass is 670 g/mol. The molecule has 0 saturated carbocycles. The molecule has 9 nitrogen and oxygen atoms in total. The van der Waals surface area contributed by atoms with Gasteiger partial charge in [-0.1, -0.05) is 15.9 Å². The molecule has 0 atom stereocenters.